The van der Waals surface area contributed by atoms with Crippen LogP contribution in [0.25, 0.3) is 11.3 Å². The van der Waals surface area contributed by atoms with Crippen LogP contribution in [0.1, 0.15) is 26.5 Å². The predicted octanol–water partition coefficient (Wildman–Crippen LogP) is 2.83. The van der Waals surface area contributed by atoms with Crippen LogP contribution in [-0.4, -0.2) is 10.9 Å². The number of nitrogens with two attached hydrogens (primary N) is 1. The van der Waals surface area contributed by atoms with Gasteiger partial charge in [0.25, 0.3) is 5.91 Å². The molecule has 0 saturated heterocycles. The molecule has 3 nitrogen and oxygen atoms in total. The van der Waals surface area contributed by atoms with Crippen LogP contribution >= 0.6 is 11.3 Å². The molecule has 4 heteroatoms. The topological polar surface area (TPSA) is 56.0 Å². The van der Waals surface area contributed by atoms with E-state index in [0.29, 0.717) is 5.01 Å². The Morgan fingerprint density at radius 1 is 1.24 bits per heavy atom. The fraction of sp³-hybridized carbons (Fsp3) is 0.231. The molecule has 0 saturated carbocycles. The van der Waals surface area contributed by atoms with Gasteiger partial charge in [0.15, 0.2) is 5.01 Å². The Morgan fingerprint density at radius 2 is 1.94 bits per heavy atom. The highest BCUT2D eigenvalue weighted by molar-refractivity contribution is 7.12. The summed E-state index contributed by atoms with van der Waals surface area (Å²) in [7, 11) is 0. The van der Waals surface area contributed by atoms with Gasteiger partial charge in [0.1, 0.15) is 0 Å². The van der Waals surface area contributed by atoms with Crippen molar-refractivity contribution in [3.05, 3.63) is 39.2 Å². The first-order valence-electron chi connectivity index (χ1n) is 5.33. The number of hydrogen-bond acceptors (Lipinski definition) is 3. The van der Waals surface area contributed by atoms with E-state index in [1.807, 2.05) is 11.4 Å². The van der Waals surface area contributed by atoms with Crippen LogP contribution in [0.4, 0.5) is 0 Å². The van der Waals surface area contributed by atoms with Crippen LogP contribution < -0.4 is 5.73 Å². The van der Waals surface area contributed by atoms with Crippen LogP contribution in [0.2, 0.25) is 0 Å². The average molecular weight is 246 g/mol. The highest BCUT2D eigenvalue weighted by Gasteiger charge is 2.11. The second-order valence-electron chi connectivity index (χ2n) is 4.08. The van der Waals surface area contributed by atoms with Crippen molar-refractivity contribution in [2.24, 2.45) is 5.73 Å². The first kappa shape index (κ1) is 11.8. The summed E-state index contributed by atoms with van der Waals surface area (Å²) in [5, 5.41) is 2.23. The van der Waals surface area contributed by atoms with Crippen molar-refractivity contribution in [2.75, 3.05) is 0 Å². The second kappa shape index (κ2) is 4.30. The van der Waals surface area contributed by atoms with Crippen molar-refractivity contribution in [1.29, 1.82) is 0 Å². The Balaban J connectivity index is 2.53. The predicted molar refractivity (Wildman–Crippen MR) is 70.3 cm³/mol. The lowest BCUT2D eigenvalue weighted by Gasteiger charge is -2.08. The van der Waals surface area contributed by atoms with Crippen LogP contribution in [0.3, 0.4) is 0 Å². The number of aryl methyl sites for hydroxylation is 1. The van der Waals surface area contributed by atoms with Gasteiger partial charge in [0.05, 0.1) is 5.69 Å². The standard InChI is InChI=1S/C13H14N2OS/c1-7-4-5-10(9(3)8(7)2)11-6-17-13(15-11)12(14)16/h4-6H,1-3H3,(H2,14,16). The third-order valence-electron chi connectivity index (χ3n) is 3.05. The second-order valence-corrected chi connectivity index (χ2v) is 4.94. The van der Waals surface area contributed by atoms with Gasteiger partial charge in [-0.1, -0.05) is 12.1 Å². The van der Waals surface area contributed by atoms with Gasteiger partial charge >= 0.3 is 0 Å². The van der Waals surface area contributed by atoms with Gasteiger partial charge in [-0.25, -0.2) is 4.98 Å². The van der Waals surface area contributed by atoms with Gasteiger partial charge in [-0.15, -0.1) is 11.3 Å². The lowest BCUT2D eigenvalue weighted by Crippen LogP contribution is -2.10. The molecule has 17 heavy (non-hydrogen) atoms. The number of thiazole rings is 1. The number of rotatable bonds is 2. The van der Waals surface area contributed by atoms with Crippen LogP contribution in [0, 0.1) is 20.8 Å². The van der Waals surface area contributed by atoms with E-state index in [2.05, 4.69) is 31.8 Å². The van der Waals surface area contributed by atoms with Gasteiger partial charge in [-0.05, 0) is 37.5 Å². The van der Waals surface area contributed by atoms with E-state index >= 15 is 0 Å². The molecular formula is C13H14N2OS. The molecule has 1 heterocycles. The van der Waals surface area contributed by atoms with Crippen LogP contribution in [0.5, 0.6) is 0 Å². The van der Waals surface area contributed by atoms with Crippen molar-refractivity contribution in [3.63, 3.8) is 0 Å². The molecule has 2 N–H and O–H groups in total. The summed E-state index contributed by atoms with van der Waals surface area (Å²) >= 11 is 1.29. The third-order valence-corrected chi connectivity index (χ3v) is 3.91. The highest BCUT2D eigenvalue weighted by atomic mass is 32.1. The molecule has 2 aromatic rings. The number of amides is 1. The Hall–Kier alpha value is -1.68. The number of hydrogen-bond donors (Lipinski definition) is 1. The summed E-state index contributed by atoms with van der Waals surface area (Å²) in [5.41, 5.74) is 10.8. The molecule has 0 bridgehead atoms. The third kappa shape index (κ3) is 2.08. The minimum Gasteiger partial charge on any atom is -0.364 e. The zero-order valence-corrected chi connectivity index (χ0v) is 10.9. The maximum absolute atomic E-state index is 11.0. The summed E-state index contributed by atoms with van der Waals surface area (Å²) in [6.45, 7) is 6.25. The molecule has 1 aromatic heterocycles. The van der Waals surface area contributed by atoms with E-state index < -0.39 is 5.91 Å². The molecule has 0 atom stereocenters. The van der Waals surface area contributed by atoms with Gasteiger partial charge in [0, 0.05) is 10.9 Å². The maximum atomic E-state index is 11.0. The minimum atomic E-state index is -0.470. The average Bonchev–Trinajstić information content (AvgIpc) is 2.75. The van der Waals surface area contributed by atoms with Crippen molar-refractivity contribution in [2.45, 2.75) is 20.8 Å². The molecule has 1 aromatic carbocycles. The minimum absolute atomic E-state index is 0.359. The number of benzene rings is 1. The van der Waals surface area contributed by atoms with E-state index in [9.17, 15) is 4.79 Å². The summed E-state index contributed by atoms with van der Waals surface area (Å²) in [4.78, 5) is 15.3. The fourth-order valence-corrected chi connectivity index (χ4v) is 2.41. The molecular weight excluding hydrogens is 232 g/mol. The van der Waals surface area contributed by atoms with Crippen molar-refractivity contribution < 1.29 is 4.79 Å². The molecule has 0 aliphatic heterocycles. The number of carbonyl (C=O) groups excluding carboxylic acids is 1. The zero-order valence-electron chi connectivity index (χ0n) is 10.1. The van der Waals surface area contributed by atoms with Gasteiger partial charge in [-0.3, -0.25) is 4.79 Å². The fourth-order valence-electron chi connectivity index (χ4n) is 1.74. The van der Waals surface area contributed by atoms with Gasteiger partial charge in [-0.2, -0.15) is 0 Å². The SMILES string of the molecule is Cc1ccc(-c2csc(C(N)=O)n2)c(C)c1C. The molecule has 2 rings (SSSR count). The van der Waals surface area contributed by atoms with E-state index in [1.165, 1.54) is 28.0 Å². The highest BCUT2D eigenvalue weighted by Crippen LogP contribution is 2.28. The monoisotopic (exact) mass is 246 g/mol. The first-order valence-corrected chi connectivity index (χ1v) is 6.21. The molecule has 0 aliphatic rings. The quantitative estimate of drug-likeness (QED) is 0.885. The van der Waals surface area contributed by atoms with Crippen LogP contribution in [-0.2, 0) is 0 Å². The van der Waals surface area contributed by atoms with E-state index in [0.717, 1.165) is 11.3 Å². The van der Waals surface area contributed by atoms with Crippen molar-refractivity contribution >= 4 is 17.2 Å². The van der Waals surface area contributed by atoms with Crippen LogP contribution in [0.15, 0.2) is 17.5 Å². The Kier molecular flexibility index (Phi) is 2.98. The van der Waals surface area contributed by atoms with Gasteiger partial charge in [0.2, 0.25) is 0 Å². The normalized spacial score (nSPS) is 10.5. The summed E-state index contributed by atoms with van der Waals surface area (Å²) in [5.74, 6) is -0.470. The summed E-state index contributed by atoms with van der Waals surface area (Å²) < 4.78 is 0. The largest absolute Gasteiger partial charge is 0.364 e. The molecule has 0 unspecified atom stereocenters. The number of carbonyl (C=O) groups is 1. The molecule has 0 aliphatic carbocycles. The number of nitrogens with zero attached hydrogens (tertiary/aromatic N) is 1. The van der Waals surface area contributed by atoms with Crippen molar-refractivity contribution in [1.82, 2.24) is 4.98 Å². The smallest absolute Gasteiger partial charge is 0.277 e. The Morgan fingerprint density at radius 3 is 2.53 bits per heavy atom. The summed E-state index contributed by atoms with van der Waals surface area (Å²) in [6, 6.07) is 4.11. The van der Waals surface area contributed by atoms with E-state index in [4.69, 9.17) is 5.73 Å². The number of primary amides is 1. The van der Waals surface area contributed by atoms with E-state index in [1.54, 1.807) is 0 Å². The molecule has 0 radical (unpaired) electrons. The zero-order chi connectivity index (χ0) is 12.6. The summed E-state index contributed by atoms with van der Waals surface area (Å²) in [6.07, 6.45) is 0. The lowest BCUT2D eigenvalue weighted by atomic mass is 9.97. The van der Waals surface area contributed by atoms with Gasteiger partial charge < -0.3 is 5.73 Å². The number of aromatic nitrogens is 1. The molecule has 1 amide bonds. The lowest BCUT2D eigenvalue weighted by molar-refractivity contribution is 0.1000. The van der Waals surface area contributed by atoms with Crippen molar-refractivity contribution in [3.8, 4) is 11.3 Å². The molecule has 88 valence electrons. The molecule has 0 spiro atoms. The molecule has 0 fully saturated rings. The Bertz CT molecular complexity index is 587. The maximum Gasteiger partial charge on any atom is 0.277 e. The van der Waals surface area contributed by atoms with E-state index in [-0.39, 0.29) is 0 Å². The Labute approximate surface area is 104 Å². The first-order chi connectivity index (χ1) is 8.00.